The van der Waals surface area contributed by atoms with Crippen LogP contribution in [0.15, 0.2) is 0 Å². The summed E-state index contributed by atoms with van der Waals surface area (Å²) in [6.07, 6.45) is 4.91. The summed E-state index contributed by atoms with van der Waals surface area (Å²) in [5.41, 5.74) is 0.104. The van der Waals surface area contributed by atoms with Crippen molar-refractivity contribution in [2.75, 3.05) is 13.7 Å². The number of cyclic esters (lactones) is 1. The summed E-state index contributed by atoms with van der Waals surface area (Å²) < 4.78 is 5.31. The molecule has 0 aromatic rings. The van der Waals surface area contributed by atoms with E-state index in [0.717, 1.165) is 0 Å². The highest BCUT2D eigenvalue weighted by Gasteiger charge is 2.87. The summed E-state index contributed by atoms with van der Waals surface area (Å²) in [5, 5.41) is 0. The molecular formula is C14H24N2O2. The van der Waals surface area contributed by atoms with Gasteiger partial charge in [0.05, 0.1) is 12.1 Å². The highest BCUT2D eigenvalue weighted by Crippen LogP contribution is 2.67. The molecule has 3 aliphatic heterocycles. The SMILES string of the molecule is CCCCCC1N(C)C12[C@@H]1N2C(=O)OCC1(C)C. The summed E-state index contributed by atoms with van der Waals surface area (Å²) >= 11 is 0. The molecule has 3 unspecified atom stereocenters. The number of hydrogen-bond acceptors (Lipinski definition) is 3. The first kappa shape index (κ1) is 12.3. The molecule has 4 nitrogen and oxygen atoms in total. The molecule has 0 radical (unpaired) electrons. The molecule has 3 saturated heterocycles. The van der Waals surface area contributed by atoms with Crippen molar-refractivity contribution >= 4 is 6.09 Å². The lowest BCUT2D eigenvalue weighted by molar-refractivity contribution is 0.0494. The van der Waals surface area contributed by atoms with Crippen LogP contribution in [0.1, 0.15) is 46.5 Å². The number of fused-ring (bicyclic) bond motifs is 3. The van der Waals surface area contributed by atoms with E-state index in [2.05, 4.69) is 32.7 Å². The largest absolute Gasteiger partial charge is 0.449 e. The molecule has 3 fully saturated rings. The van der Waals surface area contributed by atoms with Gasteiger partial charge in [0.15, 0.2) is 0 Å². The Morgan fingerprint density at radius 1 is 1.39 bits per heavy atom. The quantitative estimate of drug-likeness (QED) is 0.569. The molecule has 1 spiro atoms. The normalized spacial score (nSPS) is 43.7. The number of likely N-dealkylation sites (N-methyl/N-ethyl adjacent to an activating group) is 1. The summed E-state index contributed by atoms with van der Waals surface area (Å²) in [5.74, 6) is 0. The topological polar surface area (TPSA) is 32.3 Å². The molecule has 18 heavy (non-hydrogen) atoms. The Hall–Kier alpha value is -0.770. The van der Waals surface area contributed by atoms with Gasteiger partial charge in [0.2, 0.25) is 0 Å². The van der Waals surface area contributed by atoms with Gasteiger partial charge in [-0.2, -0.15) is 0 Å². The second kappa shape index (κ2) is 3.62. The Labute approximate surface area is 109 Å². The molecule has 0 saturated carbocycles. The van der Waals surface area contributed by atoms with E-state index in [1.165, 1.54) is 25.7 Å². The van der Waals surface area contributed by atoms with Gasteiger partial charge in [-0.15, -0.1) is 0 Å². The summed E-state index contributed by atoms with van der Waals surface area (Å²) in [6, 6.07) is 0.918. The maximum Gasteiger partial charge on any atom is 0.411 e. The van der Waals surface area contributed by atoms with E-state index in [-0.39, 0.29) is 17.2 Å². The van der Waals surface area contributed by atoms with Crippen molar-refractivity contribution in [2.45, 2.75) is 64.2 Å². The second-order valence-electron chi connectivity index (χ2n) is 6.72. The van der Waals surface area contributed by atoms with Crippen LogP contribution in [0.2, 0.25) is 0 Å². The maximum absolute atomic E-state index is 11.9. The molecule has 1 amide bonds. The average Bonchev–Trinajstić information content (AvgIpc) is 3.15. The smallest absolute Gasteiger partial charge is 0.411 e. The standard InChI is InChI=1S/C14H24N2O2/c1-5-6-7-8-10-14(15(10)4)11-13(2,3)9-18-12(17)16(11)14/h10-11H,5-9H2,1-4H3/t10?,11-,14?,15?,16?/m1/s1. The van der Waals surface area contributed by atoms with Gasteiger partial charge in [-0.1, -0.05) is 40.0 Å². The molecule has 0 bridgehead atoms. The number of amides is 1. The fourth-order valence-electron chi connectivity index (χ4n) is 4.06. The van der Waals surface area contributed by atoms with E-state index >= 15 is 0 Å². The van der Waals surface area contributed by atoms with Crippen molar-refractivity contribution in [1.82, 2.24) is 9.80 Å². The van der Waals surface area contributed by atoms with Crippen molar-refractivity contribution < 1.29 is 9.53 Å². The van der Waals surface area contributed by atoms with E-state index in [1.54, 1.807) is 0 Å². The molecule has 0 aromatic carbocycles. The first-order valence-electron chi connectivity index (χ1n) is 7.17. The monoisotopic (exact) mass is 252 g/mol. The minimum atomic E-state index is -0.107. The fourth-order valence-corrected chi connectivity index (χ4v) is 4.06. The van der Waals surface area contributed by atoms with Crippen LogP contribution in [-0.4, -0.2) is 47.3 Å². The van der Waals surface area contributed by atoms with Gasteiger partial charge in [0, 0.05) is 5.41 Å². The number of carbonyl (C=O) groups is 1. The average molecular weight is 252 g/mol. The van der Waals surface area contributed by atoms with Gasteiger partial charge in [-0.05, 0) is 13.5 Å². The van der Waals surface area contributed by atoms with Crippen LogP contribution in [0.3, 0.4) is 0 Å². The van der Waals surface area contributed by atoms with Crippen LogP contribution < -0.4 is 0 Å². The van der Waals surface area contributed by atoms with Crippen molar-refractivity contribution in [2.24, 2.45) is 5.41 Å². The van der Waals surface area contributed by atoms with E-state index in [9.17, 15) is 4.79 Å². The van der Waals surface area contributed by atoms with E-state index < -0.39 is 0 Å². The Bertz CT molecular complexity index is 382. The number of hydrogen-bond donors (Lipinski definition) is 0. The van der Waals surface area contributed by atoms with Crippen molar-refractivity contribution in [3.63, 3.8) is 0 Å². The minimum Gasteiger partial charge on any atom is -0.449 e. The Morgan fingerprint density at radius 3 is 2.72 bits per heavy atom. The summed E-state index contributed by atoms with van der Waals surface area (Å²) in [4.78, 5) is 16.2. The molecule has 0 aromatic heterocycles. The molecule has 4 atom stereocenters. The number of unbranched alkanes of at least 4 members (excludes halogenated alkanes) is 2. The van der Waals surface area contributed by atoms with Crippen LogP contribution in [-0.2, 0) is 4.74 Å². The Kier molecular flexibility index (Phi) is 2.47. The lowest BCUT2D eigenvalue weighted by Gasteiger charge is -2.27. The molecular weight excluding hydrogens is 228 g/mol. The number of ether oxygens (including phenoxy) is 1. The second-order valence-corrected chi connectivity index (χ2v) is 6.72. The highest BCUT2D eigenvalue weighted by atomic mass is 16.6. The molecule has 4 heteroatoms. The van der Waals surface area contributed by atoms with E-state index in [1.807, 2.05) is 4.90 Å². The van der Waals surface area contributed by atoms with E-state index in [4.69, 9.17) is 4.74 Å². The first-order chi connectivity index (χ1) is 8.48. The zero-order valence-electron chi connectivity index (χ0n) is 11.9. The zero-order chi connectivity index (χ0) is 13.1. The maximum atomic E-state index is 11.9. The van der Waals surface area contributed by atoms with Gasteiger partial charge in [0.25, 0.3) is 0 Å². The van der Waals surface area contributed by atoms with Crippen LogP contribution in [0.4, 0.5) is 4.79 Å². The van der Waals surface area contributed by atoms with Crippen molar-refractivity contribution in [3.8, 4) is 0 Å². The Morgan fingerprint density at radius 2 is 2.11 bits per heavy atom. The van der Waals surface area contributed by atoms with Gasteiger partial charge < -0.3 is 4.74 Å². The third kappa shape index (κ3) is 1.33. The van der Waals surface area contributed by atoms with E-state index in [0.29, 0.717) is 18.7 Å². The third-order valence-corrected chi connectivity index (χ3v) is 5.02. The highest BCUT2D eigenvalue weighted by molar-refractivity contribution is 5.77. The van der Waals surface area contributed by atoms with Crippen LogP contribution in [0.25, 0.3) is 0 Å². The van der Waals surface area contributed by atoms with Gasteiger partial charge >= 0.3 is 6.09 Å². The number of carbonyl (C=O) groups excluding carboxylic acids is 1. The molecule has 0 aliphatic carbocycles. The number of nitrogens with zero attached hydrogens (tertiary/aromatic N) is 2. The van der Waals surface area contributed by atoms with Crippen molar-refractivity contribution in [1.29, 1.82) is 0 Å². The minimum absolute atomic E-state index is 0.0187. The summed E-state index contributed by atoms with van der Waals surface area (Å²) in [7, 11) is 2.15. The predicted molar refractivity (Wildman–Crippen MR) is 69.2 cm³/mol. The summed E-state index contributed by atoms with van der Waals surface area (Å²) in [6.45, 7) is 7.21. The van der Waals surface area contributed by atoms with Crippen LogP contribution >= 0.6 is 0 Å². The molecule has 3 aliphatic rings. The third-order valence-electron chi connectivity index (χ3n) is 5.02. The molecule has 3 heterocycles. The Balaban J connectivity index is 1.72. The predicted octanol–water partition coefficient (Wildman–Crippen LogP) is 2.44. The lowest BCUT2D eigenvalue weighted by Crippen LogP contribution is -2.37. The lowest BCUT2D eigenvalue weighted by atomic mass is 9.86. The first-order valence-corrected chi connectivity index (χ1v) is 7.17. The van der Waals surface area contributed by atoms with Crippen LogP contribution in [0, 0.1) is 5.41 Å². The fraction of sp³-hybridized carbons (Fsp3) is 0.929. The molecule has 3 rings (SSSR count). The van der Waals surface area contributed by atoms with Gasteiger partial charge in [0.1, 0.15) is 12.3 Å². The van der Waals surface area contributed by atoms with Gasteiger partial charge in [-0.3, -0.25) is 9.80 Å². The van der Waals surface area contributed by atoms with Gasteiger partial charge in [-0.25, -0.2) is 4.79 Å². The van der Waals surface area contributed by atoms with Crippen molar-refractivity contribution in [3.05, 3.63) is 0 Å². The molecule has 0 N–H and O–H groups in total. The van der Waals surface area contributed by atoms with Crippen LogP contribution in [0.5, 0.6) is 0 Å². The number of rotatable bonds is 4. The molecule has 102 valence electrons. The zero-order valence-corrected chi connectivity index (χ0v) is 11.9.